The molecule has 0 spiro atoms. The van der Waals surface area contributed by atoms with Gasteiger partial charge in [0.05, 0.1) is 5.41 Å². The number of carbonyl (C=O) groups excluding carboxylic acids is 1. The van der Waals surface area contributed by atoms with Crippen LogP contribution in [-0.2, 0) is 10.2 Å². The summed E-state index contributed by atoms with van der Waals surface area (Å²) in [7, 11) is 0. The maximum atomic E-state index is 14.0. The van der Waals surface area contributed by atoms with E-state index in [9.17, 15) is 4.79 Å². The first kappa shape index (κ1) is 20.5. The summed E-state index contributed by atoms with van der Waals surface area (Å²) in [4.78, 5) is 14.0. The fourth-order valence-electron chi connectivity index (χ4n) is 8.56. The van der Waals surface area contributed by atoms with Gasteiger partial charge in [0.15, 0.2) is 0 Å². The van der Waals surface area contributed by atoms with E-state index in [0.717, 1.165) is 38.8 Å². The normalized spacial score (nSPS) is 41.6. The molecule has 164 valence electrons. The van der Waals surface area contributed by atoms with E-state index in [1.165, 1.54) is 37.7 Å². The molecule has 5 aliphatic rings. The lowest BCUT2D eigenvalue weighted by molar-refractivity contribution is -0.165. The van der Waals surface area contributed by atoms with Crippen LogP contribution in [0.25, 0.3) is 0 Å². The van der Waals surface area contributed by atoms with Crippen LogP contribution in [0.15, 0.2) is 30.3 Å². The van der Waals surface area contributed by atoms with E-state index in [1.54, 1.807) is 0 Å². The van der Waals surface area contributed by atoms with Crippen LogP contribution < -0.4 is 10.6 Å². The van der Waals surface area contributed by atoms with Gasteiger partial charge in [-0.3, -0.25) is 4.79 Å². The van der Waals surface area contributed by atoms with Crippen molar-refractivity contribution in [2.24, 2.45) is 22.2 Å². The Morgan fingerprint density at radius 1 is 1.10 bits per heavy atom. The Morgan fingerprint density at radius 2 is 1.90 bits per heavy atom. The van der Waals surface area contributed by atoms with E-state index in [0.29, 0.717) is 17.2 Å². The molecular weight excluding hydrogens is 368 g/mol. The summed E-state index contributed by atoms with van der Waals surface area (Å²) in [6.45, 7) is 8.93. The van der Waals surface area contributed by atoms with Crippen molar-refractivity contribution in [3.05, 3.63) is 35.9 Å². The van der Waals surface area contributed by atoms with Crippen LogP contribution in [0.4, 0.5) is 0 Å². The third-order valence-electron chi connectivity index (χ3n) is 9.27. The fraction of sp³-hybridized carbons (Fsp3) is 0.741. The van der Waals surface area contributed by atoms with Gasteiger partial charge in [0.25, 0.3) is 0 Å². The molecule has 1 aromatic rings. The van der Waals surface area contributed by atoms with Crippen molar-refractivity contribution >= 4 is 5.91 Å². The molecule has 1 heterocycles. The number of hydrogen-bond acceptors (Lipinski definition) is 2. The van der Waals surface area contributed by atoms with Crippen molar-refractivity contribution < 1.29 is 4.79 Å². The van der Waals surface area contributed by atoms with E-state index >= 15 is 0 Å². The summed E-state index contributed by atoms with van der Waals surface area (Å²) in [5.41, 5.74) is 2.02. The highest BCUT2D eigenvalue weighted by atomic mass is 16.2. The average molecular weight is 409 g/mol. The van der Waals surface area contributed by atoms with E-state index in [2.05, 4.69) is 61.7 Å². The maximum Gasteiger partial charge on any atom is 0.226 e. The number of rotatable bonds is 5. The molecular formula is C27H40N2O. The van der Waals surface area contributed by atoms with Gasteiger partial charge < -0.3 is 10.6 Å². The molecule has 4 bridgehead atoms. The standard InChI is InChI=1S/C27H40N2O/c1-4-11-25-13-20-14-26(16-25,21-8-6-5-7-9-21)18-27(15-20,17-25)23(30)29-22-10-12-28-19-24(22,2)3/h5-9,20,22,28H,4,10-19H2,1-3H3,(H,29,30)/t20?,22-,25-,26-,27?/m1/s1. The summed E-state index contributed by atoms with van der Waals surface area (Å²) < 4.78 is 0. The Morgan fingerprint density at radius 3 is 2.63 bits per heavy atom. The van der Waals surface area contributed by atoms with Crippen molar-refractivity contribution in [1.29, 1.82) is 0 Å². The Kier molecular flexibility index (Phi) is 4.85. The van der Waals surface area contributed by atoms with Crippen LogP contribution in [0.1, 0.15) is 84.1 Å². The van der Waals surface area contributed by atoms with Crippen molar-refractivity contribution in [2.75, 3.05) is 13.1 Å². The predicted octanol–water partition coefficient (Wildman–Crippen LogP) is 5.20. The molecule has 1 aromatic carbocycles. The molecule has 2 N–H and O–H groups in total. The minimum atomic E-state index is -0.161. The molecule has 6 rings (SSSR count). The van der Waals surface area contributed by atoms with Gasteiger partial charge in [-0.25, -0.2) is 0 Å². The molecule has 4 aliphatic carbocycles. The summed E-state index contributed by atoms with van der Waals surface area (Å²) in [5.74, 6) is 1.09. The number of nitrogens with one attached hydrogen (secondary N) is 2. The highest BCUT2D eigenvalue weighted by Gasteiger charge is 2.65. The summed E-state index contributed by atoms with van der Waals surface area (Å²) in [6, 6.07) is 11.5. The zero-order chi connectivity index (χ0) is 21.0. The van der Waals surface area contributed by atoms with Crippen LogP contribution in [0.2, 0.25) is 0 Å². The fourth-order valence-corrected chi connectivity index (χ4v) is 8.56. The van der Waals surface area contributed by atoms with Crippen LogP contribution in [0.3, 0.4) is 0 Å². The van der Waals surface area contributed by atoms with Crippen molar-refractivity contribution in [1.82, 2.24) is 10.6 Å². The van der Waals surface area contributed by atoms with Gasteiger partial charge in [0, 0.05) is 12.6 Å². The largest absolute Gasteiger partial charge is 0.352 e. The minimum absolute atomic E-state index is 0.119. The summed E-state index contributed by atoms with van der Waals surface area (Å²) in [5, 5.41) is 7.13. The zero-order valence-corrected chi connectivity index (χ0v) is 19.2. The van der Waals surface area contributed by atoms with Crippen molar-refractivity contribution in [3.8, 4) is 0 Å². The summed E-state index contributed by atoms with van der Waals surface area (Å²) in [6.07, 6.45) is 10.8. The highest BCUT2D eigenvalue weighted by molar-refractivity contribution is 5.84. The topological polar surface area (TPSA) is 41.1 Å². The number of carbonyl (C=O) groups is 1. The van der Waals surface area contributed by atoms with E-state index < -0.39 is 0 Å². The second-order valence-corrected chi connectivity index (χ2v) is 12.2. The third-order valence-corrected chi connectivity index (χ3v) is 9.27. The molecule has 5 fully saturated rings. The van der Waals surface area contributed by atoms with E-state index in [1.807, 2.05) is 0 Å². The maximum absolute atomic E-state index is 14.0. The quantitative estimate of drug-likeness (QED) is 0.703. The Hall–Kier alpha value is -1.35. The number of benzene rings is 1. The number of hydrogen-bond donors (Lipinski definition) is 2. The number of amides is 1. The van der Waals surface area contributed by atoms with Crippen molar-refractivity contribution in [2.45, 2.75) is 90.0 Å². The molecule has 1 amide bonds. The SMILES string of the molecule is CCC[C@]12CC3CC(C(=O)N[C@@H]4CCNCC4(C)C)(C1)C[C@@](c1ccccc1)(C3)C2. The van der Waals surface area contributed by atoms with Crippen LogP contribution >= 0.6 is 0 Å². The molecule has 2 unspecified atom stereocenters. The molecule has 5 atom stereocenters. The van der Waals surface area contributed by atoms with Gasteiger partial charge in [-0.05, 0) is 85.6 Å². The molecule has 3 heteroatoms. The predicted molar refractivity (Wildman–Crippen MR) is 122 cm³/mol. The van der Waals surface area contributed by atoms with Gasteiger partial charge >= 0.3 is 0 Å². The molecule has 4 saturated carbocycles. The first-order valence-corrected chi connectivity index (χ1v) is 12.4. The molecule has 0 aromatic heterocycles. The first-order chi connectivity index (χ1) is 14.3. The van der Waals surface area contributed by atoms with Gasteiger partial charge in [-0.2, -0.15) is 0 Å². The van der Waals surface area contributed by atoms with Crippen LogP contribution in [0.5, 0.6) is 0 Å². The lowest BCUT2D eigenvalue weighted by Gasteiger charge is -2.66. The first-order valence-electron chi connectivity index (χ1n) is 12.4. The molecule has 1 saturated heterocycles. The van der Waals surface area contributed by atoms with Gasteiger partial charge in [0.2, 0.25) is 5.91 Å². The van der Waals surface area contributed by atoms with E-state index in [-0.39, 0.29) is 22.3 Å². The minimum Gasteiger partial charge on any atom is -0.352 e. The highest BCUT2D eigenvalue weighted by Crippen LogP contribution is 2.71. The van der Waals surface area contributed by atoms with Gasteiger partial charge in [-0.1, -0.05) is 57.5 Å². The zero-order valence-electron chi connectivity index (χ0n) is 19.2. The van der Waals surface area contributed by atoms with Gasteiger partial charge in [-0.15, -0.1) is 0 Å². The second-order valence-electron chi connectivity index (χ2n) is 12.2. The monoisotopic (exact) mass is 408 g/mol. The molecule has 1 aliphatic heterocycles. The van der Waals surface area contributed by atoms with Crippen molar-refractivity contribution in [3.63, 3.8) is 0 Å². The Balaban J connectivity index is 1.49. The lowest BCUT2D eigenvalue weighted by Crippen LogP contribution is -2.65. The summed E-state index contributed by atoms with van der Waals surface area (Å²) >= 11 is 0. The molecule has 30 heavy (non-hydrogen) atoms. The molecule has 0 radical (unpaired) electrons. The van der Waals surface area contributed by atoms with Crippen LogP contribution in [0, 0.1) is 22.2 Å². The van der Waals surface area contributed by atoms with E-state index in [4.69, 9.17) is 0 Å². The smallest absolute Gasteiger partial charge is 0.226 e. The van der Waals surface area contributed by atoms with Crippen LogP contribution in [-0.4, -0.2) is 25.0 Å². The Labute approximate surface area is 182 Å². The van der Waals surface area contributed by atoms with Gasteiger partial charge in [0.1, 0.15) is 0 Å². The average Bonchev–Trinajstić information content (AvgIpc) is 2.69. The third kappa shape index (κ3) is 3.23. The Bertz CT molecular complexity index is 804. The molecule has 3 nitrogen and oxygen atoms in total. The number of piperidine rings is 1. The lowest BCUT2D eigenvalue weighted by atomic mass is 9.37. The second kappa shape index (κ2) is 7.08.